The van der Waals surface area contributed by atoms with Crippen LogP contribution in [0.3, 0.4) is 0 Å². The molecule has 0 bridgehead atoms. The van der Waals surface area contributed by atoms with Crippen LogP contribution in [0.2, 0.25) is 0 Å². The highest BCUT2D eigenvalue weighted by Crippen LogP contribution is 2.22. The Bertz CT molecular complexity index is 376. The average Bonchev–Trinajstić information content (AvgIpc) is 2.27. The van der Waals surface area contributed by atoms with Crippen molar-refractivity contribution < 1.29 is 0 Å². The number of benzene rings is 1. The zero-order chi connectivity index (χ0) is 9.97. The Balaban J connectivity index is 2.31. The lowest BCUT2D eigenvalue weighted by atomic mass is 9.87. The summed E-state index contributed by atoms with van der Waals surface area (Å²) >= 11 is 0. The molecule has 2 heteroatoms. The molecule has 2 nitrogen and oxygen atoms in total. The fourth-order valence-electron chi connectivity index (χ4n) is 2.07. The largest absolute Gasteiger partial charge is 0.317 e. The van der Waals surface area contributed by atoms with Crippen molar-refractivity contribution in [2.24, 2.45) is 0 Å². The van der Waals surface area contributed by atoms with E-state index in [0.717, 1.165) is 18.4 Å². The minimum Gasteiger partial charge on any atom is -0.317 e. The number of hydrogen-bond donors (Lipinski definition) is 1. The third-order valence-electron chi connectivity index (χ3n) is 2.97. The average molecular weight is 186 g/mol. The van der Waals surface area contributed by atoms with Gasteiger partial charge in [-0.2, -0.15) is 5.26 Å². The first-order valence-electron chi connectivity index (χ1n) is 5.02. The van der Waals surface area contributed by atoms with Crippen LogP contribution in [0, 0.1) is 11.3 Å². The molecule has 0 fully saturated rings. The minimum absolute atomic E-state index is 0.580. The summed E-state index contributed by atoms with van der Waals surface area (Å²) in [4.78, 5) is 0. The molecule has 1 aromatic rings. The zero-order valence-corrected chi connectivity index (χ0v) is 8.38. The van der Waals surface area contributed by atoms with Crippen LogP contribution in [-0.2, 0) is 12.8 Å². The molecule has 0 aromatic heterocycles. The van der Waals surface area contributed by atoms with Crippen molar-refractivity contribution >= 4 is 0 Å². The van der Waals surface area contributed by atoms with E-state index in [0.29, 0.717) is 6.04 Å². The van der Waals surface area contributed by atoms with Gasteiger partial charge in [-0.15, -0.1) is 0 Å². The lowest BCUT2D eigenvalue weighted by Gasteiger charge is -2.24. The molecule has 1 atom stereocenters. The first-order chi connectivity index (χ1) is 6.83. The molecule has 0 saturated heterocycles. The number of rotatable bonds is 1. The summed E-state index contributed by atoms with van der Waals surface area (Å²) in [5, 5.41) is 12.1. The van der Waals surface area contributed by atoms with E-state index in [1.54, 1.807) is 0 Å². The van der Waals surface area contributed by atoms with Crippen molar-refractivity contribution in [3.8, 4) is 6.07 Å². The van der Waals surface area contributed by atoms with Crippen molar-refractivity contribution in [2.45, 2.75) is 25.3 Å². The molecule has 1 N–H and O–H groups in total. The summed E-state index contributed by atoms with van der Waals surface area (Å²) in [6.45, 7) is 0. The van der Waals surface area contributed by atoms with Crippen LogP contribution in [0.25, 0.3) is 0 Å². The molecular formula is C12H14N2. The third-order valence-corrected chi connectivity index (χ3v) is 2.97. The van der Waals surface area contributed by atoms with Crippen LogP contribution in [0.4, 0.5) is 0 Å². The Hall–Kier alpha value is -1.33. The first kappa shape index (κ1) is 9.23. The monoisotopic (exact) mass is 186 g/mol. The van der Waals surface area contributed by atoms with Gasteiger partial charge >= 0.3 is 0 Å². The summed E-state index contributed by atoms with van der Waals surface area (Å²) in [5.41, 5.74) is 3.53. The van der Waals surface area contributed by atoms with Crippen molar-refractivity contribution in [1.29, 1.82) is 5.26 Å². The van der Waals surface area contributed by atoms with E-state index in [4.69, 9.17) is 5.26 Å². The Morgan fingerprint density at radius 1 is 1.43 bits per heavy atom. The van der Waals surface area contributed by atoms with Gasteiger partial charge in [-0.05, 0) is 49.6 Å². The normalized spacial score (nSPS) is 19.9. The van der Waals surface area contributed by atoms with Gasteiger partial charge in [0.25, 0.3) is 0 Å². The maximum Gasteiger partial charge on any atom is 0.0991 e. The molecule has 1 aliphatic rings. The van der Waals surface area contributed by atoms with E-state index in [-0.39, 0.29) is 0 Å². The van der Waals surface area contributed by atoms with Gasteiger partial charge in [0.1, 0.15) is 0 Å². The van der Waals surface area contributed by atoms with E-state index < -0.39 is 0 Å². The molecule has 72 valence electrons. The van der Waals surface area contributed by atoms with Gasteiger partial charge in [-0.25, -0.2) is 0 Å². The number of aryl methyl sites for hydroxylation is 1. The molecule has 0 aliphatic heterocycles. The second kappa shape index (κ2) is 3.81. The lowest BCUT2D eigenvalue weighted by molar-refractivity contribution is 0.496. The quantitative estimate of drug-likeness (QED) is 0.723. The van der Waals surface area contributed by atoms with E-state index in [9.17, 15) is 0 Å². The van der Waals surface area contributed by atoms with Crippen molar-refractivity contribution in [3.63, 3.8) is 0 Å². The van der Waals surface area contributed by atoms with Gasteiger partial charge in [0.05, 0.1) is 11.6 Å². The van der Waals surface area contributed by atoms with Crippen LogP contribution in [-0.4, -0.2) is 13.1 Å². The molecule has 14 heavy (non-hydrogen) atoms. The van der Waals surface area contributed by atoms with Gasteiger partial charge in [-0.1, -0.05) is 6.07 Å². The number of nitriles is 1. The smallest absolute Gasteiger partial charge is 0.0991 e. The van der Waals surface area contributed by atoms with Crippen molar-refractivity contribution in [1.82, 2.24) is 5.32 Å². The summed E-state index contributed by atoms with van der Waals surface area (Å²) in [5.74, 6) is 0. The molecule has 1 aromatic carbocycles. The van der Waals surface area contributed by atoms with Crippen molar-refractivity contribution in [2.75, 3.05) is 7.05 Å². The number of nitrogens with one attached hydrogen (secondary N) is 1. The molecule has 0 heterocycles. The summed E-state index contributed by atoms with van der Waals surface area (Å²) in [7, 11) is 2.00. The predicted molar refractivity (Wildman–Crippen MR) is 56.0 cm³/mol. The molecule has 0 saturated carbocycles. The molecule has 2 rings (SSSR count). The van der Waals surface area contributed by atoms with Crippen LogP contribution in [0.5, 0.6) is 0 Å². The molecule has 1 aliphatic carbocycles. The summed E-state index contributed by atoms with van der Waals surface area (Å²) in [6, 6.07) is 8.81. The molecule has 0 unspecified atom stereocenters. The SMILES string of the molecule is CN[C@H]1CCc2ccc(C#N)cc2C1. The van der Waals surface area contributed by atoms with Crippen molar-refractivity contribution in [3.05, 3.63) is 34.9 Å². The van der Waals surface area contributed by atoms with Gasteiger partial charge in [0.15, 0.2) is 0 Å². The number of fused-ring (bicyclic) bond motifs is 1. The van der Waals surface area contributed by atoms with E-state index >= 15 is 0 Å². The molecule has 0 radical (unpaired) electrons. The Labute approximate surface area is 84.6 Å². The number of likely N-dealkylation sites (N-methyl/N-ethyl adjacent to an activating group) is 1. The predicted octanol–water partition coefficient (Wildman–Crippen LogP) is 1.63. The topological polar surface area (TPSA) is 35.8 Å². The van der Waals surface area contributed by atoms with Gasteiger partial charge in [-0.3, -0.25) is 0 Å². The number of hydrogen-bond acceptors (Lipinski definition) is 2. The number of nitrogens with zero attached hydrogens (tertiary/aromatic N) is 1. The maximum absolute atomic E-state index is 8.80. The fourth-order valence-corrected chi connectivity index (χ4v) is 2.07. The highest BCUT2D eigenvalue weighted by Gasteiger charge is 2.16. The van der Waals surface area contributed by atoms with Gasteiger partial charge in [0, 0.05) is 6.04 Å². The maximum atomic E-state index is 8.80. The van der Waals surface area contributed by atoms with E-state index in [1.807, 2.05) is 19.2 Å². The minimum atomic E-state index is 0.580. The Morgan fingerprint density at radius 3 is 3.00 bits per heavy atom. The molecule has 0 spiro atoms. The highest BCUT2D eigenvalue weighted by atomic mass is 14.9. The van der Waals surface area contributed by atoms with Crippen LogP contribution in [0.15, 0.2) is 18.2 Å². The Morgan fingerprint density at radius 2 is 2.29 bits per heavy atom. The standard InChI is InChI=1S/C12H14N2/c1-14-12-5-4-10-3-2-9(8-13)6-11(10)7-12/h2-3,6,12,14H,4-5,7H2,1H3/t12-/m0/s1. The first-order valence-corrected chi connectivity index (χ1v) is 5.02. The second-order valence-corrected chi connectivity index (χ2v) is 3.82. The van der Waals surface area contributed by atoms with E-state index in [2.05, 4.69) is 17.5 Å². The third kappa shape index (κ3) is 1.64. The van der Waals surface area contributed by atoms with E-state index in [1.165, 1.54) is 17.5 Å². The fraction of sp³-hybridized carbons (Fsp3) is 0.417. The molecule has 0 amide bonds. The van der Waals surface area contributed by atoms with Crippen LogP contribution >= 0.6 is 0 Å². The second-order valence-electron chi connectivity index (χ2n) is 3.82. The zero-order valence-electron chi connectivity index (χ0n) is 8.38. The van der Waals surface area contributed by atoms with Crippen LogP contribution in [0.1, 0.15) is 23.1 Å². The Kier molecular flexibility index (Phi) is 2.51. The van der Waals surface area contributed by atoms with Gasteiger partial charge < -0.3 is 5.32 Å². The lowest BCUT2D eigenvalue weighted by Crippen LogP contribution is -2.31. The highest BCUT2D eigenvalue weighted by molar-refractivity contribution is 5.39. The molecular weight excluding hydrogens is 172 g/mol. The van der Waals surface area contributed by atoms with Gasteiger partial charge in [0.2, 0.25) is 0 Å². The summed E-state index contributed by atoms with van der Waals surface area (Å²) in [6.07, 6.45) is 3.39. The summed E-state index contributed by atoms with van der Waals surface area (Å²) < 4.78 is 0. The van der Waals surface area contributed by atoms with Crippen LogP contribution < -0.4 is 5.32 Å².